The predicted molar refractivity (Wildman–Crippen MR) is 68.9 cm³/mol. The standard InChI is InChI=1S/C14H16F2O5/c1-2-21-11(17)6-4-8-3-5-9(12(18)14(19)20)10(7-8)13(15)16/h3,5,7,12-13,18H,2,4,6H2,1H3,(H,19,20). The van der Waals surface area contributed by atoms with E-state index in [0.717, 1.165) is 12.1 Å². The highest BCUT2D eigenvalue weighted by Gasteiger charge is 2.24. The molecule has 5 nitrogen and oxygen atoms in total. The second-order valence-corrected chi connectivity index (χ2v) is 4.31. The van der Waals surface area contributed by atoms with Crippen molar-refractivity contribution in [2.45, 2.75) is 32.3 Å². The van der Waals surface area contributed by atoms with Crippen molar-refractivity contribution in [3.8, 4) is 0 Å². The first-order chi connectivity index (χ1) is 9.86. The number of hydrogen-bond donors (Lipinski definition) is 2. The maximum Gasteiger partial charge on any atom is 0.337 e. The van der Waals surface area contributed by atoms with Gasteiger partial charge >= 0.3 is 11.9 Å². The third-order valence-corrected chi connectivity index (χ3v) is 2.84. The van der Waals surface area contributed by atoms with Gasteiger partial charge < -0.3 is 14.9 Å². The Bertz CT molecular complexity index is 516. The van der Waals surface area contributed by atoms with Crippen molar-refractivity contribution in [2.24, 2.45) is 0 Å². The van der Waals surface area contributed by atoms with Crippen molar-refractivity contribution >= 4 is 11.9 Å². The van der Waals surface area contributed by atoms with Crippen LogP contribution < -0.4 is 0 Å². The molecule has 0 aromatic heterocycles. The van der Waals surface area contributed by atoms with Gasteiger partial charge in [-0.3, -0.25) is 4.79 Å². The minimum absolute atomic E-state index is 0.0390. The molecule has 1 aromatic rings. The van der Waals surface area contributed by atoms with Crippen LogP contribution in [-0.2, 0) is 20.7 Å². The molecule has 116 valence electrons. The van der Waals surface area contributed by atoms with E-state index in [1.807, 2.05) is 0 Å². The highest BCUT2D eigenvalue weighted by molar-refractivity contribution is 5.74. The van der Waals surface area contributed by atoms with Crippen LogP contribution in [-0.4, -0.2) is 28.8 Å². The van der Waals surface area contributed by atoms with Crippen LogP contribution in [0.4, 0.5) is 8.78 Å². The average molecular weight is 302 g/mol. The van der Waals surface area contributed by atoms with Crippen LogP contribution in [0.5, 0.6) is 0 Å². The van der Waals surface area contributed by atoms with Gasteiger partial charge in [-0.2, -0.15) is 0 Å². The highest BCUT2D eigenvalue weighted by Crippen LogP contribution is 2.29. The van der Waals surface area contributed by atoms with Gasteiger partial charge in [-0.1, -0.05) is 12.1 Å². The highest BCUT2D eigenvalue weighted by atomic mass is 19.3. The first-order valence-corrected chi connectivity index (χ1v) is 6.34. The molecule has 0 fully saturated rings. The van der Waals surface area contributed by atoms with E-state index in [4.69, 9.17) is 9.84 Å². The van der Waals surface area contributed by atoms with Crippen LogP contribution in [0, 0.1) is 0 Å². The summed E-state index contributed by atoms with van der Waals surface area (Å²) >= 11 is 0. The number of carboxylic acids is 1. The summed E-state index contributed by atoms with van der Waals surface area (Å²) in [5.41, 5.74) is -0.455. The Kier molecular flexibility index (Phi) is 6.23. The van der Waals surface area contributed by atoms with E-state index in [1.54, 1.807) is 6.92 Å². The van der Waals surface area contributed by atoms with Crippen LogP contribution in [0.3, 0.4) is 0 Å². The molecule has 0 heterocycles. The molecule has 0 bridgehead atoms. The summed E-state index contributed by atoms with van der Waals surface area (Å²) in [4.78, 5) is 21.9. The van der Waals surface area contributed by atoms with Crippen LogP contribution in [0.25, 0.3) is 0 Å². The third-order valence-electron chi connectivity index (χ3n) is 2.84. The SMILES string of the molecule is CCOC(=O)CCc1ccc(C(O)C(=O)O)c(C(F)F)c1. The molecular weight excluding hydrogens is 286 g/mol. The van der Waals surface area contributed by atoms with Crippen molar-refractivity contribution in [1.82, 2.24) is 0 Å². The number of ether oxygens (including phenoxy) is 1. The maximum atomic E-state index is 13.0. The van der Waals surface area contributed by atoms with Gasteiger partial charge in [0, 0.05) is 17.5 Å². The van der Waals surface area contributed by atoms with Gasteiger partial charge in [0.15, 0.2) is 6.10 Å². The lowest BCUT2D eigenvalue weighted by Crippen LogP contribution is -2.13. The summed E-state index contributed by atoms with van der Waals surface area (Å²) < 4.78 is 30.6. The number of aliphatic carboxylic acids is 1. The van der Waals surface area contributed by atoms with Crippen LogP contribution >= 0.6 is 0 Å². The summed E-state index contributed by atoms with van der Waals surface area (Å²) in [7, 11) is 0. The van der Waals surface area contributed by atoms with Crippen molar-refractivity contribution in [3.63, 3.8) is 0 Å². The lowest BCUT2D eigenvalue weighted by Gasteiger charge is -2.13. The molecule has 0 radical (unpaired) electrons. The number of aliphatic hydroxyl groups is 1. The number of rotatable bonds is 7. The first-order valence-electron chi connectivity index (χ1n) is 6.34. The molecule has 21 heavy (non-hydrogen) atoms. The lowest BCUT2D eigenvalue weighted by atomic mass is 9.98. The Morgan fingerprint density at radius 2 is 1.95 bits per heavy atom. The van der Waals surface area contributed by atoms with Gasteiger partial charge in [0.05, 0.1) is 6.61 Å². The van der Waals surface area contributed by atoms with Crippen molar-refractivity contribution in [1.29, 1.82) is 0 Å². The number of hydrogen-bond acceptors (Lipinski definition) is 4. The molecule has 1 atom stereocenters. The molecule has 2 N–H and O–H groups in total. The van der Waals surface area contributed by atoms with E-state index in [0.29, 0.717) is 5.56 Å². The number of carboxylic acid groups (broad SMARTS) is 1. The number of benzene rings is 1. The first kappa shape index (κ1) is 17.0. The summed E-state index contributed by atoms with van der Waals surface area (Å²) in [6.45, 7) is 1.90. The van der Waals surface area contributed by atoms with Gasteiger partial charge in [-0.25, -0.2) is 13.6 Å². The van der Waals surface area contributed by atoms with Crippen LogP contribution in [0.1, 0.15) is 42.6 Å². The van der Waals surface area contributed by atoms with Gasteiger partial charge in [0.25, 0.3) is 6.43 Å². The van der Waals surface area contributed by atoms with E-state index >= 15 is 0 Å². The third kappa shape index (κ3) is 4.78. The van der Waals surface area contributed by atoms with E-state index in [9.17, 15) is 23.5 Å². The average Bonchev–Trinajstić information content (AvgIpc) is 2.44. The van der Waals surface area contributed by atoms with Crippen molar-refractivity contribution in [3.05, 3.63) is 34.9 Å². The zero-order valence-corrected chi connectivity index (χ0v) is 11.4. The molecule has 0 spiro atoms. The Morgan fingerprint density at radius 3 is 2.48 bits per heavy atom. The largest absolute Gasteiger partial charge is 0.479 e. The minimum Gasteiger partial charge on any atom is -0.479 e. The topological polar surface area (TPSA) is 83.8 Å². The van der Waals surface area contributed by atoms with E-state index < -0.39 is 30.0 Å². The molecule has 0 saturated carbocycles. The maximum absolute atomic E-state index is 13.0. The van der Waals surface area contributed by atoms with Gasteiger partial charge in [-0.05, 0) is 25.0 Å². The minimum atomic E-state index is -2.92. The fourth-order valence-electron chi connectivity index (χ4n) is 1.83. The monoisotopic (exact) mass is 302 g/mol. The smallest absolute Gasteiger partial charge is 0.337 e. The number of alkyl halides is 2. The number of esters is 1. The van der Waals surface area contributed by atoms with E-state index in [2.05, 4.69) is 0 Å². The normalized spacial score (nSPS) is 12.2. The van der Waals surface area contributed by atoms with E-state index in [1.165, 1.54) is 6.07 Å². The predicted octanol–water partition coefficient (Wildman–Crippen LogP) is 2.24. The van der Waals surface area contributed by atoms with Crippen molar-refractivity contribution < 1.29 is 33.3 Å². The van der Waals surface area contributed by atoms with Gasteiger partial charge in [-0.15, -0.1) is 0 Å². The number of carbonyl (C=O) groups excluding carboxylic acids is 1. The number of halogens is 2. The molecule has 0 aliphatic rings. The Morgan fingerprint density at radius 1 is 1.29 bits per heavy atom. The molecule has 0 aliphatic carbocycles. The fourth-order valence-corrected chi connectivity index (χ4v) is 1.83. The summed E-state index contributed by atoms with van der Waals surface area (Å²) in [6.07, 6.45) is -4.69. The quantitative estimate of drug-likeness (QED) is 0.755. The molecule has 1 unspecified atom stereocenters. The van der Waals surface area contributed by atoms with Gasteiger partial charge in [0.2, 0.25) is 0 Å². The Hall–Kier alpha value is -2.02. The number of aliphatic hydroxyl groups excluding tert-OH is 1. The molecule has 1 aromatic carbocycles. The second-order valence-electron chi connectivity index (χ2n) is 4.31. The van der Waals surface area contributed by atoms with E-state index in [-0.39, 0.29) is 25.0 Å². The zero-order chi connectivity index (χ0) is 16.0. The zero-order valence-electron chi connectivity index (χ0n) is 11.4. The molecule has 7 heteroatoms. The van der Waals surface area contributed by atoms with Crippen molar-refractivity contribution in [2.75, 3.05) is 6.61 Å². The second kappa shape index (κ2) is 7.68. The summed E-state index contributed by atoms with van der Waals surface area (Å²) in [5.74, 6) is -2.04. The number of aryl methyl sites for hydroxylation is 1. The van der Waals surface area contributed by atoms with Crippen LogP contribution in [0.2, 0.25) is 0 Å². The summed E-state index contributed by atoms with van der Waals surface area (Å²) in [6, 6.07) is 3.65. The molecule has 1 rings (SSSR count). The molecule has 0 amide bonds. The Balaban J connectivity index is 2.93. The lowest BCUT2D eigenvalue weighted by molar-refractivity contribution is -0.147. The van der Waals surface area contributed by atoms with Crippen LogP contribution in [0.15, 0.2) is 18.2 Å². The Labute approximate surface area is 120 Å². The summed E-state index contributed by atoms with van der Waals surface area (Å²) in [5, 5.41) is 18.1. The number of carbonyl (C=O) groups is 2. The molecule has 0 aliphatic heterocycles. The molecule has 0 saturated heterocycles. The van der Waals surface area contributed by atoms with Gasteiger partial charge in [0.1, 0.15) is 0 Å². The fraction of sp³-hybridized carbons (Fsp3) is 0.429. The molecular formula is C14H16F2O5.